The molecule has 0 saturated carbocycles. The minimum atomic E-state index is -0.136. The van der Waals surface area contributed by atoms with E-state index in [1.807, 2.05) is 39.0 Å². The first kappa shape index (κ1) is 14.4. The molecule has 0 aliphatic rings. The highest BCUT2D eigenvalue weighted by Gasteiger charge is 2.14. The van der Waals surface area contributed by atoms with Gasteiger partial charge in [0.05, 0.1) is 18.8 Å². The van der Waals surface area contributed by atoms with Gasteiger partial charge in [-0.05, 0) is 50.1 Å². The zero-order valence-electron chi connectivity index (χ0n) is 12.1. The van der Waals surface area contributed by atoms with E-state index in [0.717, 1.165) is 28.3 Å². The monoisotopic (exact) mass is 272 g/mol. The van der Waals surface area contributed by atoms with Crippen LogP contribution in [0.4, 0.5) is 0 Å². The molecule has 1 atom stereocenters. The number of ether oxygens (including phenoxy) is 1. The molecule has 2 aromatic rings. The van der Waals surface area contributed by atoms with Crippen molar-refractivity contribution < 1.29 is 4.74 Å². The Morgan fingerprint density at radius 2 is 1.85 bits per heavy atom. The molecule has 0 aromatic carbocycles. The second-order valence-electron chi connectivity index (χ2n) is 4.67. The Hall–Kier alpha value is -1.98. The van der Waals surface area contributed by atoms with Crippen molar-refractivity contribution in [2.75, 3.05) is 6.61 Å². The zero-order valence-corrected chi connectivity index (χ0v) is 12.1. The summed E-state index contributed by atoms with van der Waals surface area (Å²) in [6.45, 7) is 6.50. The standard InChI is InChI=1S/C15H20N4O/c1-4-20-14-7-13(8-17-9-14)15(19-16)12-5-10(2)18-11(3)6-12/h5-9,15,19H,4,16H2,1-3H3. The summed E-state index contributed by atoms with van der Waals surface area (Å²) in [7, 11) is 0. The third-order valence-corrected chi connectivity index (χ3v) is 2.98. The summed E-state index contributed by atoms with van der Waals surface area (Å²) in [5, 5.41) is 0. The lowest BCUT2D eigenvalue weighted by atomic mass is 10.00. The highest BCUT2D eigenvalue weighted by Crippen LogP contribution is 2.24. The van der Waals surface area contributed by atoms with Crippen molar-refractivity contribution in [2.24, 2.45) is 5.84 Å². The number of pyridine rings is 2. The summed E-state index contributed by atoms with van der Waals surface area (Å²) < 4.78 is 5.48. The number of aryl methyl sites for hydroxylation is 2. The largest absolute Gasteiger partial charge is 0.492 e. The van der Waals surface area contributed by atoms with Crippen molar-refractivity contribution in [1.82, 2.24) is 15.4 Å². The Labute approximate surface area is 119 Å². The van der Waals surface area contributed by atoms with Crippen LogP contribution in [0.5, 0.6) is 5.75 Å². The van der Waals surface area contributed by atoms with Crippen LogP contribution in [0.15, 0.2) is 30.6 Å². The summed E-state index contributed by atoms with van der Waals surface area (Å²) in [5.74, 6) is 6.47. The fourth-order valence-corrected chi connectivity index (χ4v) is 2.26. The Bertz CT molecular complexity index is 566. The molecule has 2 aromatic heterocycles. The van der Waals surface area contributed by atoms with E-state index in [1.54, 1.807) is 12.4 Å². The molecule has 0 fully saturated rings. The Morgan fingerprint density at radius 1 is 1.15 bits per heavy atom. The van der Waals surface area contributed by atoms with Gasteiger partial charge in [-0.15, -0.1) is 0 Å². The lowest BCUT2D eigenvalue weighted by Gasteiger charge is -2.18. The maximum atomic E-state index is 5.72. The minimum Gasteiger partial charge on any atom is -0.492 e. The van der Waals surface area contributed by atoms with Gasteiger partial charge < -0.3 is 4.74 Å². The van der Waals surface area contributed by atoms with E-state index < -0.39 is 0 Å². The summed E-state index contributed by atoms with van der Waals surface area (Å²) in [6, 6.07) is 5.85. The maximum absolute atomic E-state index is 5.72. The van der Waals surface area contributed by atoms with E-state index >= 15 is 0 Å². The molecule has 5 nitrogen and oxygen atoms in total. The molecule has 0 bridgehead atoms. The molecule has 0 radical (unpaired) electrons. The summed E-state index contributed by atoms with van der Waals surface area (Å²) in [4.78, 5) is 8.59. The molecule has 5 heteroatoms. The number of nitrogens with one attached hydrogen (secondary N) is 1. The number of hydrogen-bond acceptors (Lipinski definition) is 5. The van der Waals surface area contributed by atoms with Crippen molar-refractivity contribution in [2.45, 2.75) is 26.8 Å². The van der Waals surface area contributed by atoms with E-state index in [2.05, 4.69) is 15.4 Å². The fourth-order valence-electron chi connectivity index (χ4n) is 2.26. The van der Waals surface area contributed by atoms with E-state index in [4.69, 9.17) is 10.6 Å². The zero-order chi connectivity index (χ0) is 14.5. The molecule has 2 rings (SSSR count). The van der Waals surface area contributed by atoms with Crippen LogP contribution in [0.3, 0.4) is 0 Å². The van der Waals surface area contributed by atoms with Crippen molar-refractivity contribution in [3.63, 3.8) is 0 Å². The molecular weight excluding hydrogens is 252 g/mol. The van der Waals surface area contributed by atoms with Crippen LogP contribution < -0.4 is 16.0 Å². The topological polar surface area (TPSA) is 73.1 Å². The number of hydrogen-bond donors (Lipinski definition) is 2. The molecule has 0 saturated heterocycles. The van der Waals surface area contributed by atoms with Gasteiger partial charge >= 0.3 is 0 Å². The lowest BCUT2D eigenvalue weighted by Crippen LogP contribution is -2.29. The number of hydrazine groups is 1. The van der Waals surface area contributed by atoms with Crippen LogP contribution in [-0.2, 0) is 0 Å². The van der Waals surface area contributed by atoms with Crippen LogP contribution in [0, 0.1) is 13.8 Å². The fraction of sp³-hybridized carbons (Fsp3) is 0.333. The Balaban J connectivity index is 2.38. The van der Waals surface area contributed by atoms with E-state index in [-0.39, 0.29) is 6.04 Å². The second kappa shape index (κ2) is 6.45. The highest BCUT2D eigenvalue weighted by atomic mass is 16.5. The molecule has 0 spiro atoms. The van der Waals surface area contributed by atoms with Gasteiger partial charge in [0.25, 0.3) is 0 Å². The van der Waals surface area contributed by atoms with Gasteiger partial charge in [-0.3, -0.25) is 15.8 Å². The van der Waals surface area contributed by atoms with Crippen molar-refractivity contribution in [1.29, 1.82) is 0 Å². The average molecular weight is 272 g/mol. The lowest BCUT2D eigenvalue weighted by molar-refractivity contribution is 0.338. The summed E-state index contributed by atoms with van der Waals surface area (Å²) >= 11 is 0. The molecule has 0 amide bonds. The van der Waals surface area contributed by atoms with Gasteiger partial charge in [0.1, 0.15) is 5.75 Å². The summed E-state index contributed by atoms with van der Waals surface area (Å²) in [5.41, 5.74) is 6.79. The normalized spacial score (nSPS) is 12.2. The molecule has 106 valence electrons. The number of nitrogens with zero attached hydrogens (tertiary/aromatic N) is 2. The molecule has 1 unspecified atom stereocenters. The van der Waals surface area contributed by atoms with Gasteiger partial charge in [-0.1, -0.05) is 0 Å². The van der Waals surface area contributed by atoms with Crippen molar-refractivity contribution in [3.05, 3.63) is 53.1 Å². The first-order valence-corrected chi connectivity index (χ1v) is 6.63. The molecule has 0 aliphatic carbocycles. The third-order valence-electron chi connectivity index (χ3n) is 2.98. The molecule has 3 N–H and O–H groups in total. The van der Waals surface area contributed by atoms with E-state index in [0.29, 0.717) is 6.61 Å². The van der Waals surface area contributed by atoms with Gasteiger partial charge in [0.15, 0.2) is 0 Å². The minimum absolute atomic E-state index is 0.136. The van der Waals surface area contributed by atoms with Gasteiger partial charge in [-0.25, -0.2) is 5.43 Å². The van der Waals surface area contributed by atoms with E-state index in [1.165, 1.54) is 0 Å². The molecule has 2 heterocycles. The first-order chi connectivity index (χ1) is 9.63. The van der Waals surface area contributed by atoms with Crippen LogP contribution in [0.2, 0.25) is 0 Å². The van der Waals surface area contributed by atoms with Crippen LogP contribution in [0.25, 0.3) is 0 Å². The van der Waals surface area contributed by atoms with E-state index in [9.17, 15) is 0 Å². The van der Waals surface area contributed by atoms with Gasteiger partial charge in [0.2, 0.25) is 0 Å². The molecule has 0 aliphatic heterocycles. The molecular formula is C15H20N4O. The quantitative estimate of drug-likeness (QED) is 0.643. The first-order valence-electron chi connectivity index (χ1n) is 6.63. The van der Waals surface area contributed by atoms with Crippen LogP contribution in [-0.4, -0.2) is 16.6 Å². The number of rotatable bonds is 5. The van der Waals surface area contributed by atoms with Crippen molar-refractivity contribution in [3.8, 4) is 5.75 Å². The maximum Gasteiger partial charge on any atom is 0.137 e. The Kier molecular flexibility index (Phi) is 4.65. The Morgan fingerprint density at radius 3 is 2.45 bits per heavy atom. The number of nitrogens with two attached hydrogens (primary N) is 1. The summed E-state index contributed by atoms with van der Waals surface area (Å²) in [6.07, 6.45) is 3.49. The second-order valence-corrected chi connectivity index (χ2v) is 4.67. The van der Waals surface area contributed by atoms with Crippen LogP contribution in [0.1, 0.15) is 35.5 Å². The SMILES string of the molecule is CCOc1cncc(C(NN)c2cc(C)nc(C)c2)c1. The van der Waals surface area contributed by atoms with Crippen molar-refractivity contribution >= 4 is 0 Å². The predicted octanol–water partition coefficient (Wildman–Crippen LogP) is 2.04. The predicted molar refractivity (Wildman–Crippen MR) is 78.3 cm³/mol. The van der Waals surface area contributed by atoms with Crippen LogP contribution >= 0.6 is 0 Å². The molecule has 20 heavy (non-hydrogen) atoms. The highest BCUT2D eigenvalue weighted by molar-refractivity contribution is 5.35. The third kappa shape index (κ3) is 3.31. The average Bonchev–Trinajstić information content (AvgIpc) is 2.39. The smallest absolute Gasteiger partial charge is 0.137 e. The van der Waals surface area contributed by atoms with Gasteiger partial charge in [-0.2, -0.15) is 0 Å². The van der Waals surface area contributed by atoms with Gasteiger partial charge in [0, 0.05) is 17.6 Å². The number of aromatic nitrogens is 2.